The quantitative estimate of drug-likeness (QED) is 0.576. The first-order valence-corrected chi connectivity index (χ1v) is 11.0. The van der Waals surface area contributed by atoms with Gasteiger partial charge in [0.1, 0.15) is 11.9 Å². The van der Waals surface area contributed by atoms with Gasteiger partial charge < -0.3 is 14.4 Å². The Kier molecular flexibility index (Phi) is 6.84. The average Bonchev–Trinajstić information content (AvgIpc) is 2.83. The first-order chi connectivity index (χ1) is 15.9. The number of methoxy groups -OCH3 is 1. The lowest BCUT2D eigenvalue weighted by Crippen LogP contribution is -2.43. The molecular weight excluding hydrogens is 420 g/mol. The molecule has 4 rings (SSSR count). The average molecular weight is 449 g/mol. The fraction of sp³-hybridized carbons (Fsp3) is 0.360. The van der Waals surface area contributed by atoms with Gasteiger partial charge in [-0.1, -0.05) is 6.07 Å². The molecule has 1 saturated heterocycles. The van der Waals surface area contributed by atoms with E-state index < -0.39 is 0 Å². The molecule has 1 amide bonds. The fourth-order valence-electron chi connectivity index (χ4n) is 4.02. The Hall–Kier alpha value is -3.52. The van der Waals surface area contributed by atoms with Crippen molar-refractivity contribution in [2.75, 3.05) is 26.8 Å². The molecule has 0 N–H and O–H groups in total. The SMILES string of the molecule is COc1ccc(-c2cccc(C3CN(C(=O)CCn4c(C)cc(C)nc4=O)CCO3)n2)cc1. The summed E-state index contributed by atoms with van der Waals surface area (Å²) in [6, 6.07) is 15.4. The second-order valence-electron chi connectivity index (χ2n) is 8.10. The molecule has 8 nitrogen and oxygen atoms in total. The highest BCUT2D eigenvalue weighted by Crippen LogP contribution is 2.25. The lowest BCUT2D eigenvalue weighted by molar-refractivity contribution is -0.139. The van der Waals surface area contributed by atoms with E-state index >= 15 is 0 Å². The Labute approximate surface area is 192 Å². The molecule has 1 fully saturated rings. The summed E-state index contributed by atoms with van der Waals surface area (Å²) >= 11 is 0. The zero-order valence-corrected chi connectivity index (χ0v) is 19.2. The van der Waals surface area contributed by atoms with Crippen LogP contribution in [0.25, 0.3) is 11.3 Å². The van der Waals surface area contributed by atoms with Gasteiger partial charge in [-0.25, -0.2) is 9.78 Å². The predicted molar refractivity (Wildman–Crippen MR) is 124 cm³/mol. The Bertz CT molecular complexity index is 1190. The first kappa shape index (κ1) is 22.7. The summed E-state index contributed by atoms with van der Waals surface area (Å²) in [6.07, 6.45) is -0.0660. The van der Waals surface area contributed by atoms with Crippen LogP contribution < -0.4 is 10.4 Å². The van der Waals surface area contributed by atoms with Crippen LogP contribution in [0.3, 0.4) is 0 Å². The van der Waals surface area contributed by atoms with Crippen LogP contribution in [0.2, 0.25) is 0 Å². The molecule has 1 aliphatic heterocycles. The van der Waals surface area contributed by atoms with E-state index in [9.17, 15) is 9.59 Å². The number of benzene rings is 1. The zero-order valence-electron chi connectivity index (χ0n) is 19.2. The molecule has 0 aliphatic carbocycles. The highest BCUT2D eigenvalue weighted by molar-refractivity contribution is 5.76. The van der Waals surface area contributed by atoms with Gasteiger partial charge >= 0.3 is 5.69 Å². The number of amides is 1. The van der Waals surface area contributed by atoms with E-state index in [1.807, 2.05) is 55.5 Å². The number of ether oxygens (including phenoxy) is 2. The second-order valence-corrected chi connectivity index (χ2v) is 8.10. The van der Waals surface area contributed by atoms with Crippen LogP contribution in [-0.4, -0.2) is 52.1 Å². The van der Waals surface area contributed by atoms with E-state index in [2.05, 4.69) is 4.98 Å². The topological polar surface area (TPSA) is 86.6 Å². The number of morpholine rings is 1. The van der Waals surface area contributed by atoms with Gasteiger partial charge in [0.25, 0.3) is 0 Å². The summed E-state index contributed by atoms with van der Waals surface area (Å²) in [6.45, 7) is 5.34. The van der Waals surface area contributed by atoms with E-state index in [0.717, 1.165) is 28.4 Å². The third-order valence-electron chi connectivity index (χ3n) is 5.80. The smallest absolute Gasteiger partial charge is 0.347 e. The van der Waals surface area contributed by atoms with Crippen LogP contribution >= 0.6 is 0 Å². The molecule has 0 bridgehead atoms. The molecule has 0 spiro atoms. The summed E-state index contributed by atoms with van der Waals surface area (Å²) in [4.78, 5) is 35.6. The number of aryl methyl sites for hydroxylation is 2. The van der Waals surface area contributed by atoms with Crippen molar-refractivity contribution in [3.8, 4) is 17.0 Å². The molecule has 3 heterocycles. The molecule has 1 aliphatic rings. The highest BCUT2D eigenvalue weighted by Gasteiger charge is 2.26. The third-order valence-corrected chi connectivity index (χ3v) is 5.80. The van der Waals surface area contributed by atoms with Crippen molar-refractivity contribution in [3.63, 3.8) is 0 Å². The first-order valence-electron chi connectivity index (χ1n) is 11.0. The molecule has 3 aromatic rings. The molecule has 1 unspecified atom stereocenters. The molecule has 2 aromatic heterocycles. The summed E-state index contributed by atoms with van der Waals surface area (Å²) in [5, 5.41) is 0. The lowest BCUT2D eigenvalue weighted by Gasteiger charge is -2.33. The number of nitrogens with zero attached hydrogens (tertiary/aromatic N) is 4. The number of hydrogen-bond acceptors (Lipinski definition) is 6. The number of pyridine rings is 1. The van der Waals surface area contributed by atoms with Crippen LogP contribution in [0.15, 0.2) is 53.3 Å². The monoisotopic (exact) mass is 448 g/mol. The van der Waals surface area contributed by atoms with E-state index in [1.54, 1.807) is 23.5 Å². The van der Waals surface area contributed by atoms with Crippen LogP contribution in [0.1, 0.15) is 29.6 Å². The zero-order chi connectivity index (χ0) is 23.4. The van der Waals surface area contributed by atoms with E-state index in [4.69, 9.17) is 14.5 Å². The Morgan fingerprint density at radius 2 is 1.94 bits per heavy atom. The molecule has 0 saturated carbocycles. The minimum absolute atomic E-state index is 0.0125. The van der Waals surface area contributed by atoms with Crippen molar-refractivity contribution in [1.82, 2.24) is 19.4 Å². The highest BCUT2D eigenvalue weighted by atomic mass is 16.5. The minimum Gasteiger partial charge on any atom is -0.497 e. The third kappa shape index (κ3) is 5.28. The number of hydrogen-bond donors (Lipinski definition) is 0. The lowest BCUT2D eigenvalue weighted by atomic mass is 10.1. The van der Waals surface area contributed by atoms with E-state index in [1.165, 1.54) is 0 Å². The molecule has 0 radical (unpaired) electrons. The van der Waals surface area contributed by atoms with Gasteiger partial charge in [0.15, 0.2) is 0 Å². The van der Waals surface area contributed by atoms with Crippen LogP contribution in [0.4, 0.5) is 0 Å². The molecule has 8 heteroatoms. The van der Waals surface area contributed by atoms with Gasteiger partial charge in [-0.05, 0) is 56.3 Å². The Balaban J connectivity index is 1.43. The maximum absolute atomic E-state index is 12.9. The van der Waals surface area contributed by atoms with Gasteiger partial charge in [-0.3, -0.25) is 9.36 Å². The molecular formula is C25H28N4O4. The maximum atomic E-state index is 12.9. The Morgan fingerprint density at radius 3 is 2.67 bits per heavy atom. The molecule has 172 valence electrons. The largest absolute Gasteiger partial charge is 0.497 e. The predicted octanol–water partition coefficient (Wildman–Crippen LogP) is 2.92. The van der Waals surface area contributed by atoms with Crippen molar-refractivity contribution in [2.45, 2.75) is 32.9 Å². The minimum atomic E-state index is -0.320. The van der Waals surface area contributed by atoms with Crippen LogP contribution in [0.5, 0.6) is 5.75 Å². The maximum Gasteiger partial charge on any atom is 0.347 e. The number of rotatable bonds is 6. The second kappa shape index (κ2) is 9.95. The van der Waals surface area contributed by atoms with Crippen molar-refractivity contribution in [2.24, 2.45) is 0 Å². The van der Waals surface area contributed by atoms with Gasteiger partial charge in [0.2, 0.25) is 5.91 Å². The van der Waals surface area contributed by atoms with E-state index in [0.29, 0.717) is 31.9 Å². The number of carbonyl (C=O) groups is 1. The molecule has 33 heavy (non-hydrogen) atoms. The summed E-state index contributed by atoms with van der Waals surface area (Å²) in [5.41, 5.74) is 3.77. The summed E-state index contributed by atoms with van der Waals surface area (Å²) in [5.74, 6) is 0.778. The standard InChI is InChI=1S/C25H28N4O4/c1-17-15-18(2)29(25(31)26-17)12-11-24(30)28-13-14-33-23(16-28)22-6-4-5-21(27-22)19-7-9-20(32-3)10-8-19/h4-10,15,23H,11-14,16H2,1-3H3. The number of carbonyl (C=O) groups excluding carboxylic acids is 1. The van der Waals surface area contributed by atoms with E-state index in [-0.39, 0.29) is 24.1 Å². The van der Waals surface area contributed by atoms with Crippen molar-refractivity contribution >= 4 is 5.91 Å². The fourth-order valence-corrected chi connectivity index (χ4v) is 4.02. The van der Waals surface area contributed by atoms with Gasteiger partial charge in [-0.15, -0.1) is 0 Å². The van der Waals surface area contributed by atoms with Crippen molar-refractivity contribution in [1.29, 1.82) is 0 Å². The molecule has 1 atom stereocenters. The number of aromatic nitrogens is 3. The van der Waals surface area contributed by atoms with Gasteiger partial charge in [-0.2, -0.15) is 4.98 Å². The van der Waals surface area contributed by atoms with Crippen molar-refractivity contribution < 1.29 is 14.3 Å². The molecule has 1 aromatic carbocycles. The normalized spacial score (nSPS) is 16.0. The summed E-state index contributed by atoms with van der Waals surface area (Å²) in [7, 11) is 1.64. The summed E-state index contributed by atoms with van der Waals surface area (Å²) < 4.78 is 12.7. The van der Waals surface area contributed by atoms with Gasteiger partial charge in [0.05, 0.1) is 31.6 Å². The van der Waals surface area contributed by atoms with Crippen LogP contribution in [0, 0.1) is 13.8 Å². The van der Waals surface area contributed by atoms with Crippen LogP contribution in [-0.2, 0) is 16.1 Å². The Morgan fingerprint density at radius 1 is 1.15 bits per heavy atom. The van der Waals surface area contributed by atoms with Gasteiger partial charge in [0, 0.05) is 36.5 Å². The van der Waals surface area contributed by atoms with Crippen molar-refractivity contribution in [3.05, 3.63) is 76.1 Å².